The molecular formula is C11H11N3O5S. The van der Waals surface area contributed by atoms with Gasteiger partial charge >= 0.3 is 5.97 Å². The number of nitrogens with one attached hydrogen (secondary N) is 1. The molecule has 0 atom stereocenters. The number of nitrogens with zero attached hydrogens (tertiary/aromatic N) is 2. The van der Waals surface area contributed by atoms with Crippen LogP contribution in [0.15, 0.2) is 28.8 Å². The Balaban J connectivity index is 2.14. The van der Waals surface area contributed by atoms with Crippen LogP contribution in [0, 0.1) is 0 Å². The van der Waals surface area contributed by atoms with E-state index >= 15 is 0 Å². The van der Waals surface area contributed by atoms with Gasteiger partial charge < -0.3 is 9.63 Å². The molecule has 2 aromatic rings. The topological polar surface area (TPSA) is 122 Å². The Morgan fingerprint density at radius 1 is 1.35 bits per heavy atom. The quantitative estimate of drug-likeness (QED) is 0.823. The maximum Gasteiger partial charge on any atom is 0.335 e. The van der Waals surface area contributed by atoms with Crippen molar-refractivity contribution in [2.24, 2.45) is 0 Å². The van der Waals surface area contributed by atoms with Crippen LogP contribution in [0.3, 0.4) is 0 Å². The third-order valence-electron chi connectivity index (χ3n) is 2.34. The highest BCUT2D eigenvalue weighted by Gasteiger charge is 2.11. The number of sulfonamides is 1. The molecule has 0 radical (unpaired) electrons. The summed E-state index contributed by atoms with van der Waals surface area (Å²) >= 11 is 0. The maximum atomic E-state index is 10.9. The van der Waals surface area contributed by atoms with Crippen molar-refractivity contribution in [2.75, 3.05) is 6.26 Å². The van der Waals surface area contributed by atoms with Crippen LogP contribution in [-0.4, -0.2) is 35.9 Å². The molecule has 0 bridgehead atoms. The number of carboxylic acids is 1. The first-order valence-corrected chi connectivity index (χ1v) is 7.35. The molecule has 1 aromatic carbocycles. The molecule has 0 spiro atoms. The summed E-state index contributed by atoms with van der Waals surface area (Å²) in [4.78, 5) is 14.7. The van der Waals surface area contributed by atoms with Gasteiger partial charge in [-0.25, -0.2) is 17.9 Å². The maximum absolute atomic E-state index is 10.9. The zero-order valence-corrected chi connectivity index (χ0v) is 11.2. The van der Waals surface area contributed by atoms with Crippen LogP contribution in [0.25, 0.3) is 11.4 Å². The number of hydrogen-bond donors (Lipinski definition) is 2. The molecule has 1 aromatic heterocycles. The number of carbonyl (C=O) groups is 1. The van der Waals surface area contributed by atoms with Crippen LogP contribution in [0.2, 0.25) is 0 Å². The SMILES string of the molecule is CS(=O)(=O)NCc1nc(-c2ccc(C(=O)O)cc2)no1. The monoisotopic (exact) mass is 297 g/mol. The first-order chi connectivity index (χ1) is 9.35. The Morgan fingerprint density at radius 3 is 2.55 bits per heavy atom. The Bertz CT molecular complexity index is 721. The van der Waals surface area contributed by atoms with Gasteiger partial charge in [0.05, 0.1) is 18.4 Å². The van der Waals surface area contributed by atoms with Crippen LogP contribution >= 0.6 is 0 Å². The second kappa shape index (κ2) is 5.39. The Hall–Kier alpha value is -2.26. The second-order valence-corrected chi connectivity index (χ2v) is 5.82. The van der Waals surface area contributed by atoms with Crippen molar-refractivity contribution in [1.29, 1.82) is 0 Å². The van der Waals surface area contributed by atoms with Gasteiger partial charge in [0, 0.05) is 5.56 Å². The van der Waals surface area contributed by atoms with E-state index in [1.165, 1.54) is 12.1 Å². The molecule has 106 valence electrons. The largest absolute Gasteiger partial charge is 0.478 e. The minimum atomic E-state index is -3.34. The second-order valence-electron chi connectivity index (χ2n) is 3.99. The fourth-order valence-electron chi connectivity index (χ4n) is 1.40. The van der Waals surface area contributed by atoms with Crippen LogP contribution in [0.5, 0.6) is 0 Å². The lowest BCUT2D eigenvalue weighted by molar-refractivity contribution is 0.0697. The molecule has 0 aliphatic rings. The van der Waals surface area contributed by atoms with E-state index in [4.69, 9.17) is 9.63 Å². The lowest BCUT2D eigenvalue weighted by atomic mass is 10.1. The number of carboxylic acid groups (broad SMARTS) is 1. The van der Waals surface area contributed by atoms with Crippen molar-refractivity contribution in [3.05, 3.63) is 35.7 Å². The van der Waals surface area contributed by atoms with Crippen molar-refractivity contribution in [3.63, 3.8) is 0 Å². The summed E-state index contributed by atoms with van der Waals surface area (Å²) in [6.45, 7) is -0.0982. The summed E-state index contributed by atoms with van der Waals surface area (Å²) < 4.78 is 29.0. The van der Waals surface area contributed by atoms with Gasteiger partial charge in [-0.1, -0.05) is 17.3 Å². The number of hydrogen-bond acceptors (Lipinski definition) is 6. The average molecular weight is 297 g/mol. The van der Waals surface area contributed by atoms with E-state index in [1.807, 2.05) is 0 Å². The minimum Gasteiger partial charge on any atom is -0.478 e. The van der Waals surface area contributed by atoms with Gasteiger partial charge in [-0.2, -0.15) is 4.98 Å². The lowest BCUT2D eigenvalue weighted by Crippen LogP contribution is -2.21. The van der Waals surface area contributed by atoms with Crippen molar-refractivity contribution < 1.29 is 22.8 Å². The number of aromatic carboxylic acids is 1. The highest BCUT2D eigenvalue weighted by molar-refractivity contribution is 7.88. The summed E-state index contributed by atoms with van der Waals surface area (Å²) in [7, 11) is -3.34. The highest BCUT2D eigenvalue weighted by atomic mass is 32.2. The fourth-order valence-corrected chi connectivity index (χ4v) is 1.78. The third-order valence-corrected chi connectivity index (χ3v) is 3.01. The smallest absolute Gasteiger partial charge is 0.335 e. The third kappa shape index (κ3) is 3.62. The summed E-state index contributed by atoms with van der Waals surface area (Å²) in [5.74, 6) is -0.650. The molecule has 0 saturated carbocycles. The zero-order chi connectivity index (χ0) is 14.8. The molecule has 0 unspecified atom stereocenters. The van der Waals surface area contributed by atoms with Crippen molar-refractivity contribution in [3.8, 4) is 11.4 Å². The van der Waals surface area contributed by atoms with Gasteiger partial charge in [-0.3, -0.25) is 0 Å². The number of aromatic nitrogens is 2. The number of benzene rings is 1. The zero-order valence-electron chi connectivity index (χ0n) is 10.4. The van der Waals surface area contributed by atoms with Crippen molar-refractivity contribution in [2.45, 2.75) is 6.54 Å². The normalized spacial score (nSPS) is 11.4. The van der Waals surface area contributed by atoms with E-state index in [2.05, 4.69) is 14.9 Å². The standard InChI is InChI=1S/C11H11N3O5S/c1-20(17,18)12-6-9-13-10(14-19-9)7-2-4-8(5-3-7)11(15)16/h2-5,12H,6H2,1H3,(H,15,16). The van der Waals surface area contributed by atoms with E-state index in [9.17, 15) is 13.2 Å². The van der Waals surface area contributed by atoms with Gasteiger partial charge in [0.2, 0.25) is 21.7 Å². The predicted molar refractivity (Wildman–Crippen MR) is 68.4 cm³/mol. The molecule has 0 amide bonds. The molecule has 2 rings (SSSR count). The summed E-state index contributed by atoms with van der Waals surface area (Å²) in [6.07, 6.45) is 1.02. The molecule has 1 heterocycles. The molecule has 8 nitrogen and oxygen atoms in total. The van der Waals surface area contributed by atoms with Crippen LogP contribution in [-0.2, 0) is 16.6 Å². The Labute approximate surface area is 114 Å². The summed E-state index contributed by atoms with van der Waals surface area (Å²) in [6, 6.07) is 5.93. The van der Waals surface area contributed by atoms with Gasteiger partial charge in [0.1, 0.15) is 0 Å². The van der Waals surface area contributed by atoms with Gasteiger partial charge in [-0.15, -0.1) is 0 Å². The van der Waals surface area contributed by atoms with Gasteiger partial charge in [0.15, 0.2) is 0 Å². The summed E-state index contributed by atoms with van der Waals surface area (Å²) in [5, 5.41) is 12.5. The van der Waals surface area contributed by atoms with E-state index in [0.29, 0.717) is 5.56 Å². The molecule has 2 N–H and O–H groups in total. The Morgan fingerprint density at radius 2 is 2.00 bits per heavy atom. The van der Waals surface area contributed by atoms with Gasteiger partial charge in [-0.05, 0) is 12.1 Å². The Kier molecular flexibility index (Phi) is 3.81. The summed E-state index contributed by atoms with van der Waals surface area (Å²) in [5.41, 5.74) is 0.723. The molecule has 0 aliphatic carbocycles. The van der Waals surface area contributed by atoms with E-state index < -0.39 is 16.0 Å². The van der Waals surface area contributed by atoms with E-state index in [-0.39, 0.29) is 23.8 Å². The molecule has 9 heteroatoms. The highest BCUT2D eigenvalue weighted by Crippen LogP contribution is 2.16. The van der Waals surface area contributed by atoms with Gasteiger partial charge in [0.25, 0.3) is 0 Å². The van der Waals surface area contributed by atoms with Crippen molar-refractivity contribution >= 4 is 16.0 Å². The molecule has 0 fully saturated rings. The van der Waals surface area contributed by atoms with Crippen LogP contribution in [0.1, 0.15) is 16.2 Å². The van der Waals surface area contributed by atoms with E-state index in [0.717, 1.165) is 6.26 Å². The molecule has 0 aliphatic heterocycles. The van der Waals surface area contributed by atoms with E-state index in [1.54, 1.807) is 12.1 Å². The minimum absolute atomic E-state index is 0.0982. The first-order valence-electron chi connectivity index (χ1n) is 5.46. The number of rotatable bonds is 5. The van der Waals surface area contributed by atoms with Crippen LogP contribution < -0.4 is 4.72 Å². The molecular weight excluding hydrogens is 286 g/mol. The van der Waals surface area contributed by atoms with Crippen molar-refractivity contribution in [1.82, 2.24) is 14.9 Å². The van der Waals surface area contributed by atoms with Crippen LogP contribution in [0.4, 0.5) is 0 Å². The molecule has 20 heavy (non-hydrogen) atoms. The molecule has 0 saturated heterocycles. The predicted octanol–water partition coefficient (Wildman–Crippen LogP) is 0.484. The average Bonchev–Trinajstić information content (AvgIpc) is 2.84. The lowest BCUT2D eigenvalue weighted by Gasteiger charge is -1.96. The first kappa shape index (κ1) is 14.2. The fraction of sp³-hybridized carbons (Fsp3) is 0.182.